The molecule has 2 aromatic heterocycles. The van der Waals surface area contributed by atoms with Crippen LogP contribution in [0.1, 0.15) is 21.5 Å². The van der Waals surface area contributed by atoms with E-state index in [0.29, 0.717) is 16.4 Å². The molecule has 0 unspecified atom stereocenters. The fourth-order valence-electron chi connectivity index (χ4n) is 2.26. The van der Waals surface area contributed by atoms with Gasteiger partial charge in [0.05, 0.1) is 0 Å². The second-order valence-corrected chi connectivity index (χ2v) is 5.76. The van der Waals surface area contributed by atoms with Gasteiger partial charge in [-0.2, -0.15) is 0 Å². The third-order valence-electron chi connectivity index (χ3n) is 3.54. The van der Waals surface area contributed by atoms with Crippen molar-refractivity contribution in [1.29, 1.82) is 0 Å². The summed E-state index contributed by atoms with van der Waals surface area (Å²) in [5.41, 5.74) is 2.40. The van der Waals surface area contributed by atoms with Crippen molar-refractivity contribution in [3.05, 3.63) is 74.8 Å². The van der Waals surface area contributed by atoms with Gasteiger partial charge in [-0.25, -0.2) is 4.98 Å². The van der Waals surface area contributed by atoms with Crippen molar-refractivity contribution in [2.45, 2.75) is 13.8 Å². The molecule has 0 spiro atoms. The highest BCUT2D eigenvalue weighted by molar-refractivity contribution is 6.31. The molecule has 0 aliphatic carbocycles. The first kappa shape index (κ1) is 15.2. The molecular weight excluding hydrogens is 314 g/mol. The fraction of sp³-hybridized carbons (Fsp3) is 0.118. The number of hydrogen-bond donors (Lipinski definition) is 1. The number of fused-ring (bicyclic) bond motifs is 1. The number of rotatable bonds is 2. The van der Waals surface area contributed by atoms with Gasteiger partial charge in [-0.15, -0.1) is 0 Å². The van der Waals surface area contributed by atoms with Crippen LogP contribution in [0.4, 0.5) is 5.69 Å². The van der Waals surface area contributed by atoms with Crippen LogP contribution in [0, 0.1) is 13.8 Å². The molecule has 1 amide bonds. The zero-order valence-corrected chi connectivity index (χ0v) is 13.4. The van der Waals surface area contributed by atoms with Gasteiger partial charge >= 0.3 is 0 Å². The summed E-state index contributed by atoms with van der Waals surface area (Å²) in [5.74, 6) is -0.510. The van der Waals surface area contributed by atoms with E-state index in [0.717, 1.165) is 11.1 Å². The Morgan fingerprint density at radius 2 is 2.00 bits per heavy atom. The van der Waals surface area contributed by atoms with Crippen molar-refractivity contribution in [2.24, 2.45) is 0 Å². The third-order valence-corrected chi connectivity index (χ3v) is 3.78. The lowest BCUT2D eigenvalue weighted by Crippen LogP contribution is -2.27. The zero-order valence-electron chi connectivity index (χ0n) is 12.6. The Labute approximate surface area is 137 Å². The number of carbonyl (C=O) groups excluding carboxylic acids is 1. The Kier molecular flexibility index (Phi) is 3.88. The number of benzene rings is 1. The van der Waals surface area contributed by atoms with E-state index in [1.54, 1.807) is 30.5 Å². The average Bonchev–Trinajstić information content (AvgIpc) is 2.51. The highest BCUT2D eigenvalue weighted by Gasteiger charge is 2.14. The number of halogens is 1. The molecular formula is C17H14ClN3O2. The van der Waals surface area contributed by atoms with Crippen LogP contribution in [0.25, 0.3) is 5.65 Å². The predicted octanol–water partition coefficient (Wildman–Crippen LogP) is 3.22. The lowest BCUT2D eigenvalue weighted by molar-refractivity contribution is 0.102. The lowest BCUT2D eigenvalue weighted by Gasteiger charge is -2.09. The molecule has 0 atom stereocenters. The SMILES string of the molecule is Cc1ccc2ncc(C(=O)Nc3cc(Cl)ccc3C)c(=O)n2c1. The number of pyridine rings is 1. The van der Waals surface area contributed by atoms with Crippen molar-refractivity contribution in [3.63, 3.8) is 0 Å². The van der Waals surface area contributed by atoms with Gasteiger partial charge in [0.2, 0.25) is 0 Å². The van der Waals surface area contributed by atoms with Gasteiger partial charge in [0.15, 0.2) is 0 Å². The molecule has 0 aliphatic rings. The lowest BCUT2D eigenvalue weighted by atomic mass is 10.2. The van der Waals surface area contributed by atoms with E-state index < -0.39 is 11.5 Å². The highest BCUT2D eigenvalue weighted by Crippen LogP contribution is 2.20. The van der Waals surface area contributed by atoms with Crippen molar-refractivity contribution in [3.8, 4) is 0 Å². The van der Waals surface area contributed by atoms with Crippen LogP contribution in [0.2, 0.25) is 5.02 Å². The number of hydrogen-bond acceptors (Lipinski definition) is 3. The number of anilines is 1. The van der Waals surface area contributed by atoms with E-state index in [9.17, 15) is 9.59 Å². The normalized spacial score (nSPS) is 10.7. The number of carbonyl (C=O) groups is 1. The summed E-state index contributed by atoms with van der Waals surface area (Å²) < 4.78 is 1.37. The summed E-state index contributed by atoms with van der Waals surface area (Å²) in [6.07, 6.45) is 2.95. The van der Waals surface area contributed by atoms with Gasteiger partial charge in [-0.3, -0.25) is 14.0 Å². The Balaban J connectivity index is 2.03. The van der Waals surface area contributed by atoms with Crippen molar-refractivity contribution < 1.29 is 4.79 Å². The Morgan fingerprint density at radius 1 is 1.22 bits per heavy atom. The van der Waals surface area contributed by atoms with Crippen LogP contribution in [0.5, 0.6) is 0 Å². The van der Waals surface area contributed by atoms with E-state index >= 15 is 0 Å². The molecule has 3 aromatic rings. The van der Waals surface area contributed by atoms with Crippen LogP contribution in [-0.4, -0.2) is 15.3 Å². The van der Waals surface area contributed by atoms with E-state index in [1.807, 2.05) is 19.9 Å². The molecule has 0 aliphatic heterocycles. The van der Waals surface area contributed by atoms with E-state index in [1.165, 1.54) is 10.6 Å². The van der Waals surface area contributed by atoms with E-state index in [4.69, 9.17) is 11.6 Å². The van der Waals surface area contributed by atoms with Crippen LogP contribution < -0.4 is 10.9 Å². The highest BCUT2D eigenvalue weighted by atomic mass is 35.5. The van der Waals surface area contributed by atoms with Gasteiger partial charge in [-0.05, 0) is 43.2 Å². The third kappa shape index (κ3) is 2.96. The molecule has 2 heterocycles. The van der Waals surface area contributed by atoms with Gasteiger partial charge in [-0.1, -0.05) is 23.7 Å². The maximum absolute atomic E-state index is 12.5. The summed E-state index contributed by atoms with van der Waals surface area (Å²) in [4.78, 5) is 29.1. The fourth-order valence-corrected chi connectivity index (χ4v) is 2.43. The predicted molar refractivity (Wildman–Crippen MR) is 90.3 cm³/mol. The van der Waals surface area contributed by atoms with Gasteiger partial charge in [0.25, 0.3) is 11.5 Å². The maximum Gasteiger partial charge on any atom is 0.270 e. The van der Waals surface area contributed by atoms with Crippen LogP contribution >= 0.6 is 11.6 Å². The molecule has 116 valence electrons. The van der Waals surface area contributed by atoms with Crippen molar-refractivity contribution >= 4 is 28.8 Å². The second kappa shape index (κ2) is 5.85. The zero-order chi connectivity index (χ0) is 16.6. The molecule has 0 fully saturated rings. The molecule has 0 radical (unpaired) electrons. The quantitative estimate of drug-likeness (QED) is 0.786. The van der Waals surface area contributed by atoms with Crippen LogP contribution in [0.15, 0.2) is 47.5 Å². The second-order valence-electron chi connectivity index (χ2n) is 5.33. The summed E-state index contributed by atoms with van der Waals surface area (Å²) in [7, 11) is 0. The molecule has 5 nitrogen and oxygen atoms in total. The van der Waals surface area contributed by atoms with Gasteiger partial charge < -0.3 is 5.32 Å². The summed E-state index contributed by atoms with van der Waals surface area (Å²) in [6, 6.07) is 8.77. The van der Waals surface area contributed by atoms with E-state index in [2.05, 4.69) is 10.3 Å². The summed E-state index contributed by atoms with van der Waals surface area (Å²) >= 11 is 5.94. The minimum absolute atomic E-state index is 0.0209. The topological polar surface area (TPSA) is 63.5 Å². The minimum atomic E-state index is -0.510. The van der Waals surface area contributed by atoms with Gasteiger partial charge in [0, 0.05) is 23.1 Å². The molecule has 1 N–H and O–H groups in total. The molecule has 1 aromatic carbocycles. The summed E-state index contributed by atoms with van der Waals surface area (Å²) in [6.45, 7) is 3.72. The number of amides is 1. The number of aromatic nitrogens is 2. The number of aryl methyl sites for hydroxylation is 2. The first-order valence-electron chi connectivity index (χ1n) is 7.01. The molecule has 0 saturated carbocycles. The van der Waals surface area contributed by atoms with Crippen LogP contribution in [0.3, 0.4) is 0 Å². The summed E-state index contributed by atoms with van der Waals surface area (Å²) in [5, 5.41) is 3.22. The standard InChI is InChI=1S/C17H14ClN3O2/c1-10-3-6-15-19-8-13(17(23)21(15)9-10)16(22)20-14-7-12(18)5-4-11(14)2/h3-9H,1-2H3,(H,20,22). The Morgan fingerprint density at radius 3 is 2.78 bits per heavy atom. The molecule has 0 bridgehead atoms. The molecule has 0 saturated heterocycles. The molecule has 6 heteroatoms. The number of nitrogens with zero attached hydrogens (tertiary/aromatic N) is 2. The van der Waals surface area contributed by atoms with Crippen LogP contribution in [-0.2, 0) is 0 Å². The first-order chi connectivity index (χ1) is 11.0. The smallest absolute Gasteiger partial charge is 0.270 e. The Bertz CT molecular complexity index is 979. The molecule has 3 rings (SSSR count). The monoisotopic (exact) mass is 327 g/mol. The van der Waals surface area contributed by atoms with E-state index in [-0.39, 0.29) is 5.56 Å². The first-order valence-corrected chi connectivity index (χ1v) is 7.39. The van der Waals surface area contributed by atoms with Gasteiger partial charge in [0.1, 0.15) is 11.2 Å². The average molecular weight is 328 g/mol. The number of nitrogens with one attached hydrogen (secondary N) is 1. The van der Waals surface area contributed by atoms with Crippen molar-refractivity contribution in [2.75, 3.05) is 5.32 Å². The minimum Gasteiger partial charge on any atom is -0.321 e. The molecule has 23 heavy (non-hydrogen) atoms. The Hall–Kier alpha value is -2.66. The largest absolute Gasteiger partial charge is 0.321 e. The van der Waals surface area contributed by atoms with Crippen molar-refractivity contribution in [1.82, 2.24) is 9.38 Å². The maximum atomic E-state index is 12.5.